The van der Waals surface area contributed by atoms with Crippen LogP contribution in [0.5, 0.6) is 5.75 Å². The number of aryl methyl sites for hydroxylation is 1. The molecular weight excluding hydrogens is 394 g/mol. The molecule has 152 valence electrons. The van der Waals surface area contributed by atoms with E-state index in [1.807, 2.05) is 49.4 Å². The number of carbonyl (C=O) groups is 1. The average molecular weight is 418 g/mol. The summed E-state index contributed by atoms with van der Waals surface area (Å²) in [7, 11) is 1.61. The van der Waals surface area contributed by atoms with E-state index in [1.165, 1.54) is 11.8 Å². The molecule has 1 aliphatic heterocycles. The number of aromatic nitrogens is 1. The van der Waals surface area contributed by atoms with Crippen molar-refractivity contribution in [2.45, 2.75) is 20.4 Å². The number of amidine groups is 1. The third kappa shape index (κ3) is 3.66. The van der Waals surface area contributed by atoms with Crippen LogP contribution in [0.2, 0.25) is 0 Å². The summed E-state index contributed by atoms with van der Waals surface area (Å²) in [5, 5.41) is 4.53. The second-order valence-electron chi connectivity index (χ2n) is 7.07. The molecule has 30 heavy (non-hydrogen) atoms. The summed E-state index contributed by atoms with van der Waals surface area (Å²) in [5.41, 5.74) is 5.04. The standard InChI is InChI=1S/C24H23N3O2S/c1-5-12-27-16(3)18(17-8-6-7-9-20(17)27)14-22-23(28)26-24(30-22)25-19-13-15(2)10-11-21(19)29-4/h5-11,13-14H,1,12H2,2-4H3,(H,25,26,28)/b22-14-. The number of hydrogen-bond acceptors (Lipinski definition) is 4. The molecular formula is C24H23N3O2S. The summed E-state index contributed by atoms with van der Waals surface area (Å²) < 4.78 is 7.60. The van der Waals surface area contributed by atoms with E-state index in [9.17, 15) is 4.79 Å². The molecule has 1 saturated heterocycles. The summed E-state index contributed by atoms with van der Waals surface area (Å²) in [5.74, 6) is 0.522. The normalized spacial score (nSPS) is 16.4. The molecule has 1 fully saturated rings. The minimum Gasteiger partial charge on any atom is -0.494 e. The largest absolute Gasteiger partial charge is 0.494 e. The van der Waals surface area contributed by atoms with Gasteiger partial charge in [0.15, 0.2) is 5.17 Å². The monoisotopic (exact) mass is 417 g/mol. The van der Waals surface area contributed by atoms with Crippen LogP contribution in [-0.2, 0) is 11.3 Å². The van der Waals surface area contributed by atoms with Crippen LogP contribution < -0.4 is 10.1 Å². The maximum atomic E-state index is 12.6. The highest BCUT2D eigenvalue weighted by Gasteiger charge is 2.25. The van der Waals surface area contributed by atoms with Crippen LogP contribution in [0.4, 0.5) is 5.69 Å². The molecule has 1 N–H and O–H groups in total. The van der Waals surface area contributed by atoms with E-state index in [4.69, 9.17) is 4.74 Å². The Morgan fingerprint density at radius 1 is 1.23 bits per heavy atom. The number of carbonyl (C=O) groups excluding carboxylic acids is 1. The first-order valence-corrected chi connectivity index (χ1v) is 10.5. The van der Waals surface area contributed by atoms with E-state index in [1.54, 1.807) is 7.11 Å². The van der Waals surface area contributed by atoms with Crippen molar-refractivity contribution in [1.29, 1.82) is 0 Å². The minimum atomic E-state index is -0.148. The fraction of sp³-hybridized carbons (Fsp3) is 0.167. The van der Waals surface area contributed by atoms with Crippen molar-refractivity contribution in [3.05, 3.63) is 76.8 Å². The SMILES string of the molecule is C=CCn1c(C)c(/C=C2\SC(=Nc3cc(C)ccc3OC)NC2=O)c2ccccc21. The molecule has 5 nitrogen and oxygen atoms in total. The van der Waals surface area contributed by atoms with Gasteiger partial charge in [-0.1, -0.05) is 30.3 Å². The summed E-state index contributed by atoms with van der Waals surface area (Å²) in [6.07, 6.45) is 3.83. The Labute approximate surface area is 180 Å². The number of amides is 1. The van der Waals surface area contributed by atoms with E-state index < -0.39 is 0 Å². The predicted molar refractivity (Wildman–Crippen MR) is 125 cm³/mol. The Hall–Kier alpha value is -3.25. The number of ether oxygens (including phenoxy) is 1. The van der Waals surface area contributed by atoms with Crippen LogP contribution in [0.3, 0.4) is 0 Å². The van der Waals surface area contributed by atoms with Crippen molar-refractivity contribution in [2.24, 2.45) is 4.99 Å². The Balaban J connectivity index is 1.73. The lowest BCUT2D eigenvalue weighted by atomic mass is 10.1. The van der Waals surface area contributed by atoms with E-state index >= 15 is 0 Å². The summed E-state index contributed by atoms with van der Waals surface area (Å²) >= 11 is 1.34. The quantitative estimate of drug-likeness (QED) is 0.450. The molecule has 0 spiro atoms. The molecule has 1 amide bonds. The number of nitrogens with zero attached hydrogens (tertiary/aromatic N) is 2. The van der Waals surface area contributed by atoms with Gasteiger partial charge < -0.3 is 14.6 Å². The number of thioether (sulfide) groups is 1. The van der Waals surface area contributed by atoms with Crippen molar-refractivity contribution in [3.63, 3.8) is 0 Å². The number of benzene rings is 2. The van der Waals surface area contributed by atoms with Crippen molar-refractivity contribution in [1.82, 2.24) is 9.88 Å². The Morgan fingerprint density at radius 3 is 2.80 bits per heavy atom. The first-order valence-electron chi connectivity index (χ1n) is 9.64. The molecule has 2 heterocycles. The highest BCUT2D eigenvalue weighted by molar-refractivity contribution is 8.18. The number of nitrogens with one attached hydrogen (secondary N) is 1. The average Bonchev–Trinajstić information content (AvgIpc) is 3.21. The van der Waals surface area contributed by atoms with Crippen LogP contribution in [0.1, 0.15) is 16.8 Å². The third-order valence-corrected chi connectivity index (χ3v) is 5.98. The van der Waals surface area contributed by atoms with Gasteiger partial charge in [0.25, 0.3) is 5.91 Å². The minimum absolute atomic E-state index is 0.148. The molecule has 0 atom stereocenters. The number of aliphatic imine (C=N–C) groups is 1. The molecule has 6 heteroatoms. The summed E-state index contributed by atoms with van der Waals surface area (Å²) in [6.45, 7) is 8.65. The summed E-state index contributed by atoms with van der Waals surface area (Å²) in [4.78, 5) is 17.9. The fourth-order valence-electron chi connectivity index (χ4n) is 3.61. The number of para-hydroxylation sites is 1. The number of allylic oxidation sites excluding steroid dienone is 1. The van der Waals surface area contributed by atoms with Gasteiger partial charge >= 0.3 is 0 Å². The first kappa shape index (κ1) is 20.0. The molecule has 0 bridgehead atoms. The fourth-order valence-corrected chi connectivity index (χ4v) is 4.43. The zero-order valence-electron chi connectivity index (χ0n) is 17.2. The highest BCUT2D eigenvalue weighted by atomic mass is 32.2. The van der Waals surface area contributed by atoms with Gasteiger partial charge in [-0.3, -0.25) is 4.79 Å². The van der Waals surface area contributed by atoms with Crippen LogP contribution in [-0.4, -0.2) is 22.8 Å². The first-order chi connectivity index (χ1) is 14.5. The molecule has 1 aromatic heterocycles. The maximum Gasteiger partial charge on any atom is 0.264 e. The smallest absolute Gasteiger partial charge is 0.264 e. The third-order valence-electron chi connectivity index (χ3n) is 5.07. The van der Waals surface area contributed by atoms with Crippen LogP contribution >= 0.6 is 11.8 Å². The number of fused-ring (bicyclic) bond motifs is 1. The second-order valence-corrected chi connectivity index (χ2v) is 8.10. The number of hydrogen-bond donors (Lipinski definition) is 1. The van der Waals surface area contributed by atoms with Crippen molar-refractivity contribution in [2.75, 3.05) is 7.11 Å². The highest BCUT2D eigenvalue weighted by Crippen LogP contribution is 2.35. The zero-order valence-corrected chi connectivity index (χ0v) is 18.0. The lowest BCUT2D eigenvalue weighted by Gasteiger charge is -2.05. The van der Waals surface area contributed by atoms with Crippen molar-refractivity contribution < 1.29 is 9.53 Å². The molecule has 1 aliphatic rings. The van der Waals surface area contributed by atoms with Crippen molar-refractivity contribution >= 4 is 45.5 Å². The zero-order chi connectivity index (χ0) is 21.3. The van der Waals surface area contributed by atoms with E-state index in [0.717, 1.165) is 27.7 Å². The molecule has 0 aliphatic carbocycles. The Morgan fingerprint density at radius 2 is 2.03 bits per heavy atom. The topological polar surface area (TPSA) is 55.6 Å². The predicted octanol–water partition coefficient (Wildman–Crippen LogP) is 5.34. The Kier molecular flexibility index (Phi) is 5.50. The van der Waals surface area contributed by atoms with Crippen LogP contribution in [0, 0.1) is 13.8 Å². The van der Waals surface area contributed by atoms with E-state index in [2.05, 4.69) is 40.5 Å². The van der Waals surface area contributed by atoms with E-state index in [0.29, 0.717) is 28.1 Å². The summed E-state index contributed by atoms with van der Waals surface area (Å²) in [6, 6.07) is 14.0. The molecule has 3 aromatic rings. The van der Waals surface area contributed by atoms with Gasteiger partial charge in [0.05, 0.1) is 12.0 Å². The van der Waals surface area contributed by atoms with Crippen molar-refractivity contribution in [3.8, 4) is 5.75 Å². The van der Waals surface area contributed by atoms with Gasteiger partial charge in [-0.05, 0) is 55.4 Å². The second kappa shape index (κ2) is 8.24. The van der Waals surface area contributed by atoms with Crippen LogP contribution in [0.25, 0.3) is 17.0 Å². The lowest BCUT2D eigenvalue weighted by Crippen LogP contribution is -2.19. The van der Waals surface area contributed by atoms with Crippen LogP contribution in [0.15, 0.2) is 65.0 Å². The molecule has 0 unspecified atom stereocenters. The molecule has 0 saturated carbocycles. The maximum absolute atomic E-state index is 12.6. The van der Waals surface area contributed by atoms with Gasteiger partial charge in [-0.25, -0.2) is 4.99 Å². The van der Waals surface area contributed by atoms with Gasteiger partial charge in [-0.15, -0.1) is 6.58 Å². The van der Waals surface area contributed by atoms with Gasteiger partial charge in [0, 0.05) is 28.7 Å². The Bertz CT molecular complexity index is 1220. The molecule has 4 rings (SSSR count). The number of methoxy groups -OCH3 is 1. The lowest BCUT2D eigenvalue weighted by molar-refractivity contribution is -0.115. The van der Waals surface area contributed by atoms with Gasteiger partial charge in [0.1, 0.15) is 11.4 Å². The van der Waals surface area contributed by atoms with E-state index in [-0.39, 0.29) is 5.91 Å². The number of rotatable bonds is 5. The van der Waals surface area contributed by atoms with Gasteiger partial charge in [0.2, 0.25) is 0 Å². The molecule has 0 radical (unpaired) electrons. The molecule has 2 aromatic carbocycles. The van der Waals surface area contributed by atoms with Gasteiger partial charge in [-0.2, -0.15) is 0 Å².